The number of anilines is 1. The van der Waals surface area contributed by atoms with Gasteiger partial charge in [0.25, 0.3) is 5.91 Å². The Balaban J connectivity index is 1.33. The van der Waals surface area contributed by atoms with Crippen LogP contribution in [0.5, 0.6) is 5.75 Å². The summed E-state index contributed by atoms with van der Waals surface area (Å²) in [5, 5.41) is 2.95. The number of ether oxygens (including phenoxy) is 1. The van der Waals surface area contributed by atoms with Gasteiger partial charge in [0.15, 0.2) is 6.61 Å². The third kappa shape index (κ3) is 5.44. The summed E-state index contributed by atoms with van der Waals surface area (Å²) in [5.41, 5.74) is 0.628. The van der Waals surface area contributed by atoms with E-state index >= 15 is 0 Å². The smallest absolute Gasteiger partial charge is 0.258 e. The standard InChI is InChI=1S/C24H26FN3O3/c25-20-9-4-5-10-21(20)27-12-14-28(15-13-27)22(23-11-6-16-30-23)17-26-24(29)18-31-19-7-2-1-3-8-19/h1-11,16,22H,12-15,17-18H2,(H,26,29)/t22-/m0/s1. The second-order valence-corrected chi connectivity index (χ2v) is 7.41. The lowest BCUT2D eigenvalue weighted by Crippen LogP contribution is -2.50. The first-order valence-corrected chi connectivity index (χ1v) is 10.4. The molecule has 1 amide bonds. The predicted molar refractivity (Wildman–Crippen MR) is 117 cm³/mol. The summed E-state index contributed by atoms with van der Waals surface area (Å²) >= 11 is 0. The molecule has 0 unspecified atom stereocenters. The molecule has 0 bridgehead atoms. The number of piperazine rings is 1. The Kier molecular flexibility index (Phi) is 6.84. The molecule has 1 saturated heterocycles. The molecular formula is C24H26FN3O3. The van der Waals surface area contributed by atoms with E-state index in [4.69, 9.17) is 9.15 Å². The van der Waals surface area contributed by atoms with Crippen molar-refractivity contribution in [1.29, 1.82) is 0 Å². The van der Waals surface area contributed by atoms with Crippen LogP contribution in [0.3, 0.4) is 0 Å². The Morgan fingerprint density at radius 1 is 1.00 bits per heavy atom. The molecule has 1 N–H and O–H groups in total. The van der Waals surface area contributed by atoms with Crippen LogP contribution in [0.4, 0.5) is 10.1 Å². The fourth-order valence-electron chi connectivity index (χ4n) is 3.80. The van der Waals surface area contributed by atoms with Crippen molar-refractivity contribution in [3.8, 4) is 5.75 Å². The summed E-state index contributed by atoms with van der Waals surface area (Å²) < 4.78 is 25.3. The molecule has 4 rings (SSSR count). The summed E-state index contributed by atoms with van der Waals surface area (Å²) in [6.45, 7) is 3.22. The molecule has 1 fully saturated rings. The fraction of sp³-hybridized carbons (Fsp3) is 0.292. The normalized spacial score (nSPS) is 15.5. The lowest BCUT2D eigenvalue weighted by atomic mass is 10.1. The van der Waals surface area contributed by atoms with Crippen LogP contribution in [-0.2, 0) is 4.79 Å². The molecule has 1 atom stereocenters. The quantitative estimate of drug-likeness (QED) is 0.601. The molecule has 0 radical (unpaired) electrons. The van der Waals surface area contributed by atoms with Crippen LogP contribution in [0.25, 0.3) is 0 Å². The zero-order valence-corrected chi connectivity index (χ0v) is 17.2. The van der Waals surface area contributed by atoms with Crippen LogP contribution < -0.4 is 15.0 Å². The van der Waals surface area contributed by atoms with Crippen molar-refractivity contribution in [2.75, 3.05) is 44.2 Å². The molecule has 1 aliphatic heterocycles. The second-order valence-electron chi connectivity index (χ2n) is 7.41. The van der Waals surface area contributed by atoms with Crippen LogP contribution in [0.2, 0.25) is 0 Å². The van der Waals surface area contributed by atoms with Crippen LogP contribution in [-0.4, -0.2) is 50.1 Å². The lowest BCUT2D eigenvalue weighted by Gasteiger charge is -2.39. The van der Waals surface area contributed by atoms with Crippen molar-refractivity contribution in [1.82, 2.24) is 10.2 Å². The van der Waals surface area contributed by atoms with Crippen molar-refractivity contribution in [2.24, 2.45) is 0 Å². The largest absolute Gasteiger partial charge is 0.484 e. The van der Waals surface area contributed by atoms with Gasteiger partial charge in [-0.25, -0.2) is 4.39 Å². The van der Waals surface area contributed by atoms with Crippen LogP contribution in [0.1, 0.15) is 11.8 Å². The summed E-state index contributed by atoms with van der Waals surface area (Å²) in [7, 11) is 0. The monoisotopic (exact) mass is 423 g/mol. The second kappa shape index (κ2) is 10.1. The first-order chi connectivity index (χ1) is 15.2. The first-order valence-electron chi connectivity index (χ1n) is 10.4. The zero-order chi connectivity index (χ0) is 21.5. The lowest BCUT2D eigenvalue weighted by molar-refractivity contribution is -0.123. The molecule has 3 aromatic rings. The minimum atomic E-state index is -0.204. The predicted octanol–water partition coefficient (Wildman–Crippen LogP) is 3.48. The van der Waals surface area contributed by atoms with E-state index in [1.807, 2.05) is 54.6 Å². The topological polar surface area (TPSA) is 58.0 Å². The van der Waals surface area contributed by atoms with E-state index in [-0.39, 0.29) is 24.4 Å². The summed E-state index contributed by atoms with van der Waals surface area (Å²) in [5.74, 6) is 1.06. The molecule has 162 valence electrons. The Morgan fingerprint density at radius 3 is 2.45 bits per heavy atom. The van der Waals surface area contributed by atoms with Gasteiger partial charge in [0.1, 0.15) is 17.3 Å². The number of hydrogen-bond acceptors (Lipinski definition) is 5. The van der Waals surface area contributed by atoms with Gasteiger partial charge in [0.05, 0.1) is 18.0 Å². The van der Waals surface area contributed by atoms with Crippen molar-refractivity contribution in [2.45, 2.75) is 6.04 Å². The highest BCUT2D eigenvalue weighted by molar-refractivity contribution is 5.77. The van der Waals surface area contributed by atoms with E-state index < -0.39 is 0 Å². The van der Waals surface area contributed by atoms with Gasteiger partial charge in [0, 0.05) is 32.7 Å². The third-order valence-electron chi connectivity index (χ3n) is 5.43. The Hall–Kier alpha value is -3.32. The number of carbonyl (C=O) groups excluding carboxylic acids is 1. The third-order valence-corrected chi connectivity index (χ3v) is 5.43. The minimum Gasteiger partial charge on any atom is -0.484 e. The van der Waals surface area contributed by atoms with E-state index in [0.717, 1.165) is 18.8 Å². The molecular weight excluding hydrogens is 397 g/mol. The number of benzene rings is 2. The summed E-state index contributed by atoms with van der Waals surface area (Å²) in [6.07, 6.45) is 1.64. The maximum absolute atomic E-state index is 14.1. The van der Waals surface area contributed by atoms with E-state index in [0.29, 0.717) is 31.1 Å². The number of para-hydroxylation sites is 2. The van der Waals surface area contributed by atoms with Crippen molar-refractivity contribution in [3.05, 3.63) is 84.6 Å². The molecule has 2 aromatic carbocycles. The van der Waals surface area contributed by atoms with Crippen molar-refractivity contribution < 1.29 is 18.3 Å². The molecule has 1 aromatic heterocycles. The molecule has 0 aliphatic carbocycles. The summed E-state index contributed by atoms with van der Waals surface area (Å²) in [6, 6.07) is 19.8. The number of halogens is 1. The summed E-state index contributed by atoms with van der Waals surface area (Å²) in [4.78, 5) is 16.6. The maximum Gasteiger partial charge on any atom is 0.258 e. The number of rotatable bonds is 8. The van der Waals surface area contributed by atoms with E-state index in [1.54, 1.807) is 12.3 Å². The number of nitrogens with one attached hydrogen (secondary N) is 1. The minimum absolute atomic E-state index is 0.0457. The van der Waals surface area contributed by atoms with Gasteiger partial charge in [0.2, 0.25) is 0 Å². The number of nitrogens with zero attached hydrogens (tertiary/aromatic N) is 2. The molecule has 0 spiro atoms. The molecule has 2 heterocycles. The van der Waals surface area contributed by atoms with Gasteiger partial charge >= 0.3 is 0 Å². The van der Waals surface area contributed by atoms with Gasteiger partial charge in [-0.05, 0) is 36.4 Å². The van der Waals surface area contributed by atoms with Crippen LogP contribution in [0.15, 0.2) is 77.4 Å². The average Bonchev–Trinajstić information content (AvgIpc) is 3.34. The van der Waals surface area contributed by atoms with Crippen LogP contribution in [0, 0.1) is 5.82 Å². The van der Waals surface area contributed by atoms with E-state index in [1.165, 1.54) is 6.07 Å². The van der Waals surface area contributed by atoms with E-state index in [2.05, 4.69) is 15.1 Å². The van der Waals surface area contributed by atoms with Gasteiger partial charge in [-0.15, -0.1) is 0 Å². The molecule has 7 heteroatoms. The Bertz CT molecular complexity index is 957. The molecule has 6 nitrogen and oxygen atoms in total. The number of carbonyl (C=O) groups is 1. The van der Waals surface area contributed by atoms with Gasteiger partial charge < -0.3 is 19.4 Å². The van der Waals surface area contributed by atoms with Gasteiger partial charge in [-0.2, -0.15) is 0 Å². The number of amides is 1. The van der Waals surface area contributed by atoms with Crippen molar-refractivity contribution in [3.63, 3.8) is 0 Å². The van der Waals surface area contributed by atoms with Gasteiger partial charge in [-0.1, -0.05) is 30.3 Å². The molecule has 0 saturated carbocycles. The number of furan rings is 1. The zero-order valence-electron chi connectivity index (χ0n) is 17.2. The Labute approximate surface area is 181 Å². The number of hydrogen-bond donors (Lipinski definition) is 1. The highest BCUT2D eigenvalue weighted by Gasteiger charge is 2.28. The average molecular weight is 423 g/mol. The molecule has 31 heavy (non-hydrogen) atoms. The highest BCUT2D eigenvalue weighted by Crippen LogP contribution is 2.25. The molecule has 1 aliphatic rings. The van der Waals surface area contributed by atoms with E-state index in [9.17, 15) is 9.18 Å². The first kappa shape index (κ1) is 20.9. The van der Waals surface area contributed by atoms with Gasteiger partial charge in [-0.3, -0.25) is 9.69 Å². The fourth-order valence-corrected chi connectivity index (χ4v) is 3.80. The SMILES string of the molecule is O=C(COc1ccccc1)NC[C@@H](c1ccco1)N1CCN(c2ccccc2F)CC1. The van der Waals surface area contributed by atoms with Crippen molar-refractivity contribution >= 4 is 11.6 Å². The maximum atomic E-state index is 14.1. The highest BCUT2D eigenvalue weighted by atomic mass is 19.1. The Morgan fingerprint density at radius 2 is 1.74 bits per heavy atom. The van der Waals surface area contributed by atoms with Crippen LogP contribution >= 0.6 is 0 Å².